The summed E-state index contributed by atoms with van der Waals surface area (Å²) in [5, 5.41) is 0.441. The zero-order valence-electron chi connectivity index (χ0n) is 11.0. The Bertz CT molecular complexity index is 558. The molecule has 5 nitrogen and oxygen atoms in total. The van der Waals surface area contributed by atoms with Crippen LogP contribution in [0.25, 0.3) is 0 Å². The summed E-state index contributed by atoms with van der Waals surface area (Å²) in [5.74, 6) is -1.74. The molecule has 6 heteroatoms. The zero-order valence-corrected chi connectivity index (χ0v) is 11.7. The van der Waals surface area contributed by atoms with Crippen molar-refractivity contribution in [3.05, 3.63) is 34.9 Å². The molecule has 1 aliphatic heterocycles. The van der Waals surface area contributed by atoms with Gasteiger partial charge in [0.25, 0.3) is 0 Å². The van der Waals surface area contributed by atoms with Gasteiger partial charge in [0.2, 0.25) is 5.91 Å². The minimum absolute atomic E-state index is 0.0631. The van der Waals surface area contributed by atoms with E-state index in [4.69, 9.17) is 16.3 Å². The van der Waals surface area contributed by atoms with E-state index >= 15 is 0 Å². The van der Waals surface area contributed by atoms with Crippen LogP contribution < -0.4 is 0 Å². The number of Topliss-reactive ketones (excluding diaryl/α,β-unsaturated/α-hetero) is 1. The van der Waals surface area contributed by atoms with Gasteiger partial charge in [-0.25, -0.2) is 9.69 Å². The van der Waals surface area contributed by atoms with Gasteiger partial charge in [-0.15, -0.1) is 0 Å². The second-order valence-corrected chi connectivity index (χ2v) is 4.83. The van der Waals surface area contributed by atoms with Crippen molar-refractivity contribution in [3.8, 4) is 0 Å². The van der Waals surface area contributed by atoms with Crippen LogP contribution in [-0.4, -0.2) is 35.8 Å². The summed E-state index contributed by atoms with van der Waals surface area (Å²) in [7, 11) is 0. The fourth-order valence-electron chi connectivity index (χ4n) is 2.17. The van der Waals surface area contributed by atoms with Gasteiger partial charge in [-0.3, -0.25) is 9.59 Å². The minimum atomic E-state index is -0.980. The molecule has 0 saturated carbocycles. The van der Waals surface area contributed by atoms with Crippen molar-refractivity contribution in [2.45, 2.75) is 19.3 Å². The third-order valence-corrected chi connectivity index (χ3v) is 3.32. The monoisotopic (exact) mass is 295 g/mol. The van der Waals surface area contributed by atoms with Crippen LogP contribution in [-0.2, 0) is 14.3 Å². The number of likely N-dealkylation sites (tertiary alicyclic amines) is 1. The standard InChI is InChI=1S/C14H14ClNO4/c1-2-20-14(19)16-7-6-11(17)12(13(16)18)9-4-3-5-10(15)8-9/h3-5,8,12H,2,6-7H2,1H3. The molecule has 1 atom stereocenters. The predicted molar refractivity (Wildman–Crippen MR) is 72.6 cm³/mol. The van der Waals surface area contributed by atoms with Gasteiger partial charge in [0.1, 0.15) is 5.92 Å². The molecule has 1 aliphatic rings. The number of hydrogen-bond acceptors (Lipinski definition) is 4. The van der Waals surface area contributed by atoms with Crippen LogP contribution in [0.1, 0.15) is 24.8 Å². The van der Waals surface area contributed by atoms with Gasteiger partial charge >= 0.3 is 6.09 Å². The smallest absolute Gasteiger partial charge is 0.416 e. The van der Waals surface area contributed by atoms with Gasteiger partial charge in [-0.1, -0.05) is 23.7 Å². The van der Waals surface area contributed by atoms with Gasteiger partial charge in [0.15, 0.2) is 5.78 Å². The van der Waals surface area contributed by atoms with Crippen LogP contribution in [0.3, 0.4) is 0 Å². The molecule has 106 valence electrons. The fourth-order valence-corrected chi connectivity index (χ4v) is 2.37. The van der Waals surface area contributed by atoms with Crippen molar-refractivity contribution in [2.75, 3.05) is 13.2 Å². The van der Waals surface area contributed by atoms with Crippen molar-refractivity contribution < 1.29 is 19.1 Å². The molecule has 0 aromatic heterocycles. The Morgan fingerprint density at radius 2 is 2.20 bits per heavy atom. The number of halogens is 1. The lowest BCUT2D eigenvalue weighted by Crippen LogP contribution is -2.47. The van der Waals surface area contributed by atoms with E-state index in [1.165, 1.54) is 0 Å². The molecule has 0 N–H and O–H groups in total. The third kappa shape index (κ3) is 2.82. The SMILES string of the molecule is CCOC(=O)N1CCC(=O)C(c2cccc(Cl)c2)C1=O. The summed E-state index contributed by atoms with van der Waals surface area (Å²) >= 11 is 5.88. The van der Waals surface area contributed by atoms with Gasteiger partial charge < -0.3 is 4.74 Å². The van der Waals surface area contributed by atoms with E-state index in [9.17, 15) is 14.4 Å². The minimum Gasteiger partial charge on any atom is -0.449 e. The van der Waals surface area contributed by atoms with E-state index in [0.717, 1.165) is 4.90 Å². The quantitative estimate of drug-likeness (QED) is 0.786. The van der Waals surface area contributed by atoms with Gasteiger partial charge in [0, 0.05) is 18.0 Å². The summed E-state index contributed by atoms with van der Waals surface area (Å²) in [6, 6.07) is 6.55. The summed E-state index contributed by atoms with van der Waals surface area (Å²) in [4.78, 5) is 37.0. The fraction of sp³-hybridized carbons (Fsp3) is 0.357. The molecule has 2 rings (SSSR count). The first-order chi connectivity index (χ1) is 9.54. The molecule has 0 aliphatic carbocycles. The maximum atomic E-state index is 12.3. The molecule has 1 saturated heterocycles. The largest absolute Gasteiger partial charge is 0.449 e. The number of carbonyl (C=O) groups excluding carboxylic acids is 3. The molecular weight excluding hydrogens is 282 g/mol. The molecular formula is C14H14ClNO4. The van der Waals surface area contributed by atoms with Crippen molar-refractivity contribution in [3.63, 3.8) is 0 Å². The summed E-state index contributed by atoms with van der Waals surface area (Å²) in [5.41, 5.74) is 0.501. The zero-order chi connectivity index (χ0) is 14.7. The van der Waals surface area contributed by atoms with Crippen LogP contribution in [0.4, 0.5) is 4.79 Å². The molecule has 1 heterocycles. The van der Waals surface area contributed by atoms with Crippen LogP contribution in [0, 0.1) is 0 Å². The van der Waals surface area contributed by atoms with E-state index < -0.39 is 17.9 Å². The Labute approximate surface area is 121 Å². The summed E-state index contributed by atoms with van der Waals surface area (Å²) < 4.78 is 4.82. The number of hydrogen-bond donors (Lipinski definition) is 0. The Balaban J connectivity index is 2.29. The number of piperidine rings is 1. The number of ketones is 1. The topological polar surface area (TPSA) is 63.7 Å². The van der Waals surface area contributed by atoms with Crippen LogP contribution in [0.15, 0.2) is 24.3 Å². The summed E-state index contributed by atoms with van der Waals surface area (Å²) in [6.07, 6.45) is -0.584. The maximum Gasteiger partial charge on any atom is 0.416 e. The number of carbonyl (C=O) groups is 3. The molecule has 0 radical (unpaired) electrons. The number of imide groups is 1. The van der Waals surface area contributed by atoms with Crippen molar-refractivity contribution in [2.24, 2.45) is 0 Å². The van der Waals surface area contributed by atoms with E-state index in [1.807, 2.05) is 0 Å². The predicted octanol–water partition coefficient (Wildman–Crippen LogP) is 2.38. The molecule has 1 unspecified atom stereocenters. The highest BCUT2D eigenvalue weighted by molar-refractivity contribution is 6.30. The van der Waals surface area contributed by atoms with Crippen molar-refractivity contribution >= 4 is 29.4 Å². The number of nitrogens with zero attached hydrogens (tertiary/aromatic N) is 1. The van der Waals surface area contributed by atoms with E-state index in [0.29, 0.717) is 10.6 Å². The number of benzene rings is 1. The molecule has 20 heavy (non-hydrogen) atoms. The van der Waals surface area contributed by atoms with Crippen molar-refractivity contribution in [1.82, 2.24) is 4.90 Å². The Morgan fingerprint density at radius 1 is 1.45 bits per heavy atom. The van der Waals surface area contributed by atoms with Gasteiger partial charge in [-0.05, 0) is 24.6 Å². The Hall–Kier alpha value is -1.88. The average Bonchev–Trinajstić information content (AvgIpc) is 2.39. The molecule has 0 spiro atoms. The Morgan fingerprint density at radius 3 is 2.85 bits per heavy atom. The normalized spacial score (nSPS) is 19.1. The summed E-state index contributed by atoms with van der Waals surface area (Å²) in [6.45, 7) is 1.90. The lowest BCUT2D eigenvalue weighted by atomic mass is 9.89. The second-order valence-electron chi connectivity index (χ2n) is 4.39. The van der Waals surface area contributed by atoms with Crippen LogP contribution >= 0.6 is 11.6 Å². The third-order valence-electron chi connectivity index (χ3n) is 3.09. The highest BCUT2D eigenvalue weighted by atomic mass is 35.5. The molecule has 1 fully saturated rings. The van der Waals surface area contributed by atoms with Crippen LogP contribution in [0.2, 0.25) is 5.02 Å². The first kappa shape index (κ1) is 14.5. The molecule has 2 amide bonds. The molecule has 1 aromatic rings. The van der Waals surface area contributed by atoms with Gasteiger partial charge in [0.05, 0.1) is 6.61 Å². The van der Waals surface area contributed by atoms with Crippen molar-refractivity contribution in [1.29, 1.82) is 0 Å². The second kappa shape index (κ2) is 6.05. The van der Waals surface area contributed by atoms with Crippen LogP contribution in [0.5, 0.6) is 0 Å². The first-order valence-corrected chi connectivity index (χ1v) is 6.68. The maximum absolute atomic E-state index is 12.3. The van der Waals surface area contributed by atoms with E-state index in [-0.39, 0.29) is 25.4 Å². The molecule has 0 bridgehead atoms. The number of amides is 2. The first-order valence-electron chi connectivity index (χ1n) is 6.31. The highest BCUT2D eigenvalue weighted by Gasteiger charge is 2.39. The lowest BCUT2D eigenvalue weighted by Gasteiger charge is -2.29. The Kier molecular flexibility index (Phi) is 4.39. The number of rotatable bonds is 2. The van der Waals surface area contributed by atoms with E-state index in [2.05, 4.69) is 0 Å². The number of ether oxygens (including phenoxy) is 1. The lowest BCUT2D eigenvalue weighted by molar-refractivity contribution is -0.140. The molecule has 1 aromatic carbocycles. The average molecular weight is 296 g/mol. The van der Waals surface area contributed by atoms with Gasteiger partial charge in [-0.2, -0.15) is 0 Å². The van der Waals surface area contributed by atoms with E-state index in [1.54, 1.807) is 31.2 Å². The highest BCUT2D eigenvalue weighted by Crippen LogP contribution is 2.27.